The zero-order valence-electron chi connectivity index (χ0n) is 22.6. The standard InChI is InChI=1S/C29H39O5P/c1-10-12-29(8,9)34-24(30)11-13-35(33,27(31)25-20(4)14-18(2)15-21(25)5)28(32)26-22(6)16-19(3)17-23(26)7/h14-17H,10-13H2,1-9H3. The molecule has 0 atom stereocenters. The summed E-state index contributed by atoms with van der Waals surface area (Å²) in [7, 11) is -4.20. The number of aryl methyl sites for hydroxylation is 6. The summed E-state index contributed by atoms with van der Waals surface area (Å²) in [5.41, 5.74) is 3.20. The Hall–Kier alpha value is -2.52. The summed E-state index contributed by atoms with van der Waals surface area (Å²) in [4.78, 5) is 40.5. The van der Waals surface area contributed by atoms with E-state index in [0.29, 0.717) is 39.8 Å². The second kappa shape index (κ2) is 11.0. The van der Waals surface area contributed by atoms with Crippen LogP contribution in [0, 0.1) is 41.5 Å². The van der Waals surface area contributed by atoms with Crippen LogP contribution in [0.25, 0.3) is 0 Å². The topological polar surface area (TPSA) is 77.5 Å². The second-order valence-electron chi connectivity index (χ2n) is 10.4. The van der Waals surface area contributed by atoms with Crippen LogP contribution in [0.1, 0.15) is 94.1 Å². The number of benzene rings is 2. The maximum atomic E-state index is 14.5. The fraction of sp³-hybridized carbons (Fsp3) is 0.483. The molecule has 0 spiro atoms. The van der Waals surface area contributed by atoms with E-state index in [2.05, 4.69) is 0 Å². The van der Waals surface area contributed by atoms with Gasteiger partial charge in [0.25, 0.3) is 0 Å². The van der Waals surface area contributed by atoms with E-state index in [1.807, 2.05) is 58.9 Å². The Bertz CT molecular complexity index is 1090. The molecule has 35 heavy (non-hydrogen) atoms. The van der Waals surface area contributed by atoms with Crippen LogP contribution in [-0.2, 0) is 14.1 Å². The third-order valence-electron chi connectivity index (χ3n) is 6.31. The van der Waals surface area contributed by atoms with Gasteiger partial charge in [-0.1, -0.05) is 48.7 Å². The molecule has 0 aromatic heterocycles. The van der Waals surface area contributed by atoms with Crippen molar-refractivity contribution >= 4 is 24.2 Å². The molecule has 0 aliphatic rings. The van der Waals surface area contributed by atoms with Crippen molar-refractivity contribution in [2.45, 2.75) is 87.2 Å². The van der Waals surface area contributed by atoms with Crippen LogP contribution in [0.5, 0.6) is 0 Å². The minimum atomic E-state index is -4.20. The van der Waals surface area contributed by atoms with Gasteiger partial charge in [-0.3, -0.25) is 14.4 Å². The van der Waals surface area contributed by atoms with Gasteiger partial charge < -0.3 is 9.30 Å². The van der Waals surface area contributed by atoms with Gasteiger partial charge in [-0.2, -0.15) is 0 Å². The fourth-order valence-corrected chi connectivity index (χ4v) is 7.47. The number of carbonyl (C=O) groups excluding carboxylic acids is 3. The molecule has 0 amide bonds. The van der Waals surface area contributed by atoms with E-state index in [4.69, 9.17) is 4.74 Å². The first-order chi connectivity index (χ1) is 16.1. The van der Waals surface area contributed by atoms with E-state index in [9.17, 15) is 18.9 Å². The van der Waals surface area contributed by atoms with Gasteiger partial charge in [0.2, 0.25) is 18.2 Å². The molecule has 0 saturated heterocycles. The quantitative estimate of drug-likeness (QED) is 0.252. The average Bonchev–Trinajstić information content (AvgIpc) is 2.69. The number of rotatable bonds is 10. The minimum absolute atomic E-state index is 0.268. The molecule has 0 radical (unpaired) electrons. The molecule has 190 valence electrons. The predicted octanol–water partition coefficient (Wildman–Crippen LogP) is 7.39. The molecule has 6 heteroatoms. The largest absolute Gasteiger partial charge is 0.460 e. The molecule has 0 heterocycles. The number of hydrogen-bond donors (Lipinski definition) is 0. The lowest BCUT2D eigenvalue weighted by atomic mass is 10.0. The Morgan fingerprint density at radius 3 is 1.49 bits per heavy atom. The Balaban J connectivity index is 2.57. The lowest BCUT2D eigenvalue weighted by Crippen LogP contribution is -2.28. The van der Waals surface area contributed by atoms with Crippen molar-refractivity contribution in [2.24, 2.45) is 0 Å². The van der Waals surface area contributed by atoms with Gasteiger partial charge in [-0.15, -0.1) is 0 Å². The van der Waals surface area contributed by atoms with Crippen LogP contribution in [-0.4, -0.2) is 28.8 Å². The number of carbonyl (C=O) groups is 3. The monoisotopic (exact) mass is 498 g/mol. The number of hydrogen-bond acceptors (Lipinski definition) is 5. The third-order valence-corrected chi connectivity index (χ3v) is 8.92. The Morgan fingerprint density at radius 1 is 0.771 bits per heavy atom. The predicted molar refractivity (Wildman–Crippen MR) is 142 cm³/mol. The molecular formula is C29H39O5P. The van der Waals surface area contributed by atoms with Gasteiger partial charge in [-0.25, -0.2) is 0 Å². The van der Waals surface area contributed by atoms with Gasteiger partial charge in [0.1, 0.15) is 5.60 Å². The van der Waals surface area contributed by atoms with Crippen LogP contribution in [0.3, 0.4) is 0 Å². The summed E-state index contributed by atoms with van der Waals surface area (Å²) in [5.74, 6) is -0.557. The molecule has 0 unspecified atom stereocenters. The summed E-state index contributed by atoms with van der Waals surface area (Å²) < 4.78 is 20.1. The highest BCUT2D eigenvalue weighted by atomic mass is 31.2. The van der Waals surface area contributed by atoms with Crippen molar-refractivity contribution in [1.82, 2.24) is 0 Å². The van der Waals surface area contributed by atoms with Crippen LogP contribution < -0.4 is 0 Å². The molecule has 2 aromatic rings. The summed E-state index contributed by atoms with van der Waals surface area (Å²) in [6.07, 6.45) is 0.895. The maximum Gasteiger partial charge on any atom is 0.306 e. The maximum absolute atomic E-state index is 14.5. The SMILES string of the molecule is CCCC(C)(C)OC(=O)CCP(=O)(C(=O)c1c(C)cc(C)cc1C)C(=O)c1c(C)cc(C)cc1C. The summed E-state index contributed by atoms with van der Waals surface area (Å²) in [6.45, 7) is 16.6. The van der Waals surface area contributed by atoms with E-state index >= 15 is 0 Å². The highest BCUT2D eigenvalue weighted by molar-refractivity contribution is 7.95. The molecule has 0 aliphatic heterocycles. The molecule has 0 bridgehead atoms. The van der Waals surface area contributed by atoms with Crippen LogP contribution in [0.2, 0.25) is 0 Å². The molecule has 2 rings (SSSR count). The van der Waals surface area contributed by atoms with E-state index in [-0.39, 0.29) is 12.6 Å². The first-order valence-electron chi connectivity index (χ1n) is 12.2. The van der Waals surface area contributed by atoms with E-state index in [1.54, 1.807) is 27.7 Å². The van der Waals surface area contributed by atoms with Crippen LogP contribution in [0.4, 0.5) is 0 Å². The van der Waals surface area contributed by atoms with Gasteiger partial charge in [0.05, 0.1) is 6.42 Å². The highest BCUT2D eigenvalue weighted by Crippen LogP contribution is 2.54. The molecule has 0 fully saturated rings. The van der Waals surface area contributed by atoms with E-state index in [0.717, 1.165) is 17.5 Å². The second-order valence-corrected chi connectivity index (χ2v) is 13.1. The zero-order valence-corrected chi connectivity index (χ0v) is 23.5. The third kappa shape index (κ3) is 6.58. The van der Waals surface area contributed by atoms with E-state index in [1.165, 1.54) is 0 Å². The highest BCUT2D eigenvalue weighted by Gasteiger charge is 2.43. The minimum Gasteiger partial charge on any atom is -0.460 e. The van der Waals surface area contributed by atoms with Crippen molar-refractivity contribution in [3.8, 4) is 0 Å². The molecular weight excluding hydrogens is 459 g/mol. The van der Waals surface area contributed by atoms with Gasteiger partial charge in [0, 0.05) is 17.3 Å². The smallest absolute Gasteiger partial charge is 0.306 e. The van der Waals surface area contributed by atoms with Gasteiger partial charge in [0.15, 0.2) is 0 Å². The van der Waals surface area contributed by atoms with E-state index < -0.39 is 29.8 Å². The zero-order chi connectivity index (χ0) is 26.7. The van der Waals surface area contributed by atoms with Gasteiger partial charge >= 0.3 is 5.97 Å². The lowest BCUT2D eigenvalue weighted by molar-refractivity contribution is -0.156. The normalized spacial score (nSPS) is 11.9. The molecule has 5 nitrogen and oxygen atoms in total. The fourth-order valence-electron chi connectivity index (χ4n) is 4.95. The molecule has 0 aliphatic carbocycles. The Kier molecular flexibility index (Phi) is 9.05. The van der Waals surface area contributed by atoms with Crippen molar-refractivity contribution in [3.05, 3.63) is 68.8 Å². The van der Waals surface area contributed by atoms with Crippen molar-refractivity contribution in [2.75, 3.05) is 6.16 Å². The lowest BCUT2D eigenvalue weighted by Gasteiger charge is -2.25. The van der Waals surface area contributed by atoms with Crippen molar-refractivity contribution in [3.63, 3.8) is 0 Å². The van der Waals surface area contributed by atoms with Crippen LogP contribution >= 0.6 is 7.14 Å². The molecule has 0 N–H and O–H groups in total. The Labute approximate surface area is 210 Å². The number of esters is 1. The van der Waals surface area contributed by atoms with Crippen molar-refractivity contribution in [1.29, 1.82) is 0 Å². The first kappa shape index (κ1) is 28.7. The average molecular weight is 499 g/mol. The number of ether oxygens (including phenoxy) is 1. The summed E-state index contributed by atoms with van der Waals surface area (Å²) in [5, 5.41) is 0. The molecule has 2 aromatic carbocycles. The van der Waals surface area contributed by atoms with Crippen molar-refractivity contribution < 1.29 is 23.7 Å². The summed E-state index contributed by atoms with van der Waals surface area (Å²) in [6, 6.07) is 7.38. The van der Waals surface area contributed by atoms with Gasteiger partial charge in [-0.05, 0) is 84.1 Å². The first-order valence-corrected chi connectivity index (χ1v) is 14.1. The molecule has 0 saturated carbocycles. The summed E-state index contributed by atoms with van der Waals surface area (Å²) >= 11 is 0. The van der Waals surface area contributed by atoms with Crippen LogP contribution in [0.15, 0.2) is 24.3 Å². The Morgan fingerprint density at radius 2 is 1.14 bits per heavy atom.